The van der Waals surface area contributed by atoms with Crippen LogP contribution in [0.25, 0.3) is 0 Å². The van der Waals surface area contributed by atoms with Crippen molar-refractivity contribution in [3.63, 3.8) is 0 Å². The zero-order valence-electron chi connectivity index (χ0n) is 12.4. The maximum absolute atomic E-state index is 3.86. The number of rotatable bonds is 5. The molecule has 2 aliphatic rings. The molecule has 0 spiro atoms. The Morgan fingerprint density at radius 3 is 2.56 bits per heavy atom. The second-order valence-electron chi connectivity index (χ2n) is 6.75. The van der Waals surface area contributed by atoms with Crippen molar-refractivity contribution in [3.05, 3.63) is 0 Å². The highest BCUT2D eigenvalue weighted by Gasteiger charge is 2.31. The Balaban J connectivity index is 1.80. The van der Waals surface area contributed by atoms with Crippen molar-refractivity contribution in [1.82, 2.24) is 10.6 Å². The Kier molecular flexibility index (Phi) is 5.97. The summed E-state index contributed by atoms with van der Waals surface area (Å²) in [5.74, 6) is 1.72. The highest BCUT2D eigenvalue weighted by molar-refractivity contribution is 4.90. The van der Waals surface area contributed by atoms with E-state index in [1.807, 2.05) is 0 Å². The van der Waals surface area contributed by atoms with Gasteiger partial charge < -0.3 is 10.6 Å². The number of nitrogens with one attached hydrogen (secondary N) is 2. The first-order chi connectivity index (χ1) is 8.77. The first kappa shape index (κ1) is 14.3. The molecule has 3 atom stereocenters. The maximum atomic E-state index is 3.86. The lowest BCUT2D eigenvalue weighted by Crippen LogP contribution is -2.50. The van der Waals surface area contributed by atoms with E-state index in [0.717, 1.165) is 23.9 Å². The van der Waals surface area contributed by atoms with Gasteiger partial charge in [-0.15, -0.1) is 0 Å². The van der Waals surface area contributed by atoms with E-state index in [1.54, 1.807) is 0 Å². The Morgan fingerprint density at radius 2 is 1.83 bits per heavy atom. The van der Waals surface area contributed by atoms with Gasteiger partial charge in [-0.25, -0.2) is 0 Å². The van der Waals surface area contributed by atoms with E-state index >= 15 is 0 Å². The molecular formula is C16H32N2. The van der Waals surface area contributed by atoms with E-state index in [9.17, 15) is 0 Å². The number of piperidine rings is 1. The summed E-state index contributed by atoms with van der Waals surface area (Å²) in [5, 5.41) is 7.64. The molecule has 2 heteroatoms. The van der Waals surface area contributed by atoms with Crippen LogP contribution in [0.5, 0.6) is 0 Å². The van der Waals surface area contributed by atoms with Crippen LogP contribution < -0.4 is 10.6 Å². The SMILES string of the molecule is CC(C)CCNC1CCCCC1C1CCCCN1. The lowest BCUT2D eigenvalue weighted by atomic mass is 9.77. The van der Waals surface area contributed by atoms with Crippen molar-refractivity contribution in [3.8, 4) is 0 Å². The summed E-state index contributed by atoms with van der Waals surface area (Å²) in [6, 6.07) is 1.59. The van der Waals surface area contributed by atoms with E-state index in [-0.39, 0.29) is 0 Å². The van der Waals surface area contributed by atoms with Gasteiger partial charge in [0.05, 0.1) is 0 Å². The van der Waals surface area contributed by atoms with Crippen LogP contribution in [0.3, 0.4) is 0 Å². The minimum atomic E-state index is 0.785. The zero-order valence-corrected chi connectivity index (χ0v) is 12.4. The molecule has 1 saturated carbocycles. The summed E-state index contributed by atoms with van der Waals surface area (Å²) >= 11 is 0. The fraction of sp³-hybridized carbons (Fsp3) is 1.00. The third-order valence-corrected chi connectivity index (χ3v) is 4.81. The van der Waals surface area contributed by atoms with Crippen molar-refractivity contribution in [2.75, 3.05) is 13.1 Å². The lowest BCUT2D eigenvalue weighted by Gasteiger charge is -2.40. The van der Waals surface area contributed by atoms with Crippen LogP contribution in [-0.4, -0.2) is 25.2 Å². The average Bonchev–Trinajstić information content (AvgIpc) is 2.40. The molecule has 3 unspecified atom stereocenters. The van der Waals surface area contributed by atoms with E-state index in [0.29, 0.717) is 0 Å². The van der Waals surface area contributed by atoms with Crippen molar-refractivity contribution >= 4 is 0 Å². The monoisotopic (exact) mass is 252 g/mol. The lowest BCUT2D eigenvalue weighted by molar-refractivity contribution is 0.181. The van der Waals surface area contributed by atoms with Gasteiger partial charge in [0.25, 0.3) is 0 Å². The minimum Gasteiger partial charge on any atom is -0.314 e. The van der Waals surface area contributed by atoms with Crippen molar-refractivity contribution in [1.29, 1.82) is 0 Å². The third kappa shape index (κ3) is 4.24. The number of hydrogen-bond donors (Lipinski definition) is 2. The van der Waals surface area contributed by atoms with Crippen LogP contribution >= 0.6 is 0 Å². The molecule has 1 saturated heterocycles. The topological polar surface area (TPSA) is 24.1 Å². The third-order valence-electron chi connectivity index (χ3n) is 4.81. The summed E-state index contributed by atoms with van der Waals surface area (Å²) in [7, 11) is 0. The minimum absolute atomic E-state index is 0.785. The zero-order chi connectivity index (χ0) is 12.8. The van der Waals surface area contributed by atoms with Crippen LogP contribution in [0.1, 0.15) is 65.2 Å². The summed E-state index contributed by atoms with van der Waals surface area (Å²) in [6.07, 6.45) is 11.3. The van der Waals surface area contributed by atoms with Crippen LogP contribution in [-0.2, 0) is 0 Å². The van der Waals surface area contributed by atoms with Crippen molar-refractivity contribution in [2.45, 2.75) is 77.3 Å². The molecule has 1 aliphatic heterocycles. The molecule has 0 aromatic rings. The molecule has 0 aromatic carbocycles. The normalized spacial score (nSPS) is 33.8. The predicted molar refractivity (Wildman–Crippen MR) is 78.8 cm³/mol. The molecule has 2 fully saturated rings. The molecule has 0 bridgehead atoms. The van der Waals surface area contributed by atoms with Crippen molar-refractivity contribution in [2.24, 2.45) is 11.8 Å². The van der Waals surface area contributed by atoms with Gasteiger partial charge in [0.2, 0.25) is 0 Å². The first-order valence-corrected chi connectivity index (χ1v) is 8.24. The summed E-state index contributed by atoms with van der Waals surface area (Å²) in [6.45, 7) is 7.11. The van der Waals surface area contributed by atoms with E-state index in [2.05, 4.69) is 24.5 Å². The summed E-state index contributed by atoms with van der Waals surface area (Å²) in [4.78, 5) is 0. The van der Waals surface area contributed by atoms with E-state index in [1.165, 1.54) is 64.5 Å². The maximum Gasteiger partial charge on any atom is 0.0110 e. The van der Waals surface area contributed by atoms with Gasteiger partial charge in [-0.05, 0) is 57.0 Å². The first-order valence-electron chi connectivity index (χ1n) is 8.24. The Hall–Kier alpha value is -0.0800. The molecule has 18 heavy (non-hydrogen) atoms. The molecule has 0 radical (unpaired) electrons. The van der Waals surface area contributed by atoms with E-state index < -0.39 is 0 Å². The van der Waals surface area contributed by atoms with Gasteiger partial charge in [-0.3, -0.25) is 0 Å². The highest BCUT2D eigenvalue weighted by atomic mass is 15.0. The summed E-state index contributed by atoms with van der Waals surface area (Å²) in [5.41, 5.74) is 0. The molecular weight excluding hydrogens is 220 g/mol. The fourth-order valence-corrected chi connectivity index (χ4v) is 3.70. The Bertz CT molecular complexity index is 221. The molecule has 0 amide bonds. The molecule has 0 aromatic heterocycles. The van der Waals surface area contributed by atoms with Gasteiger partial charge in [-0.1, -0.05) is 33.1 Å². The quantitative estimate of drug-likeness (QED) is 0.784. The van der Waals surface area contributed by atoms with E-state index in [4.69, 9.17) is 0 Å². The Labute approximate surface area is 113 Å². The molecule has 106 valence electrons. The fourth-order valence-electron chi connectivity index (χ4n) is 3.70. The largest absolute Gasteiger partial charge is 0.314 e. The molecule has 1 aliphatic carbocycles. The van der Waals surface area contributed by atoms with Gasteiger partial charge in [0.15, 0.2) is 0 Å². The van der Waals surface area contributed by atoms with Crippen LogP contribution in [0.4, 0.5) is 0 Å². The molecule has 2 N–H and O–H groups in total. The average molecular weight is 252 g/mol. The number of hydrogen-bond acceptors (Lipinski definition) is 2. The smallest absolute Gasteiger partial charge is 0.0110 e. The standard InChI is InChI=1S/C16H32N2/c1-13(2)10-12-18-16-8-4-3-7-14(16)15-9-5-6-11-17-15/h13-18H,3-12H2,1-2H3. The van der Waals surface area contributed by atoms with Gasteiger partial charge in [0.1, 0.15) is 0 Å². The molecule has 2 rings (SSSR count). The molecule has 2 nitrogen and oxygen atoms in total. The van der Waals surface area contributed by atoms with Crippen LogP contribution in [0, 0.1) is 11.8 Å². The Morgan fingerprint density at radius 1 is 1.06 bits per heavy atom. The molecule has 1 heterocycles. The van der Waals surface area contributed by atoms with Crippen LogP contribution in [0.2, 0.25) is 0 Å². The van der Waals surface area contributed by atoms with Crippen LogP contribution in [0.15, 0.2) is 0 Å². The summed E-state index contributed by atoms with van der Waals surface area (Å²) < 4.78 is 0. The van der Waals surface area contributed by atoms with Gasteiger partial charge >= 0.3 is 0 Å². The van der Waals surface area contributed by atoms with Gasteiger partial charge in [0, 0.05) is 12.1 Å². The second-order valence-corrected chi connectivity index (χ2v) is 6.75. The second kappa shape index (κ2) is 7.49. The van der Waals surface area contributed by atoms with Gasteiger partial charge in [-0.2, -0.15) is 0 Å². The predicted octanol–water partition coefficient (Wildman–Crippen LogP) is 3.32. The van der Waals surface area contributed by atoms with Crippen molar-refractivity contribution < 1.29 is 0 Å². The highest BCUT2D eigenvalue weighted by Crippen LogP contribution is 2.30.